The summed E-state index contributed by atoms with van der Waals surface area (Å²) in [5, 5.41) is 2.57. The van der Waals surface area contributed by atoms with Crippen molar-refractivity contribution in [2.24, 2.45) is 0 Å². The van der Waals surface area contributed by atoms with Gasteiger partial charge in [-0.1, -0.05) is 29.3 Å². The van der Waals surface area contributed by atoms with E-state index >= 15 is 0 Å². The summed E-state index contributed by atoms with van der Waals surface area (Å²) in [7, 11) is 0. The lowest BCUT2D eigenvalue weighted by atomic mass is 10.1. The molecule has 0 aliphatic carbocycles. The number of oxazole rings is 1. The Morgan fingerprint density at radius 2 is 2.00 bits per heavy atom. The number of hydrogen-bond acceptors (Lipinski definition) is 3. The average Bonchev–Trinajstić information content (AvgIpc) is 2.78. The maximum atomic E-state index is 12.1. The third kappa shape index (κ3) is 4.12. The lowest BCUT2D eigenvalue weighted by Crippen LogP contribution is -2.21. The maximum Gasteiger partial charge on any atom is 0.397 e. The highest BCUT2D eigenvalue weighted by Crippen LogP contribution is 2.32. The molecule has 0 atom stereocenters. The third-order valence-corrected chi connectivity index (χ3v) is 3.11. The predicted octanol–water partition coefficient (Wildman–Crippen LogP) is 4.54. The zero-order valence-electron chi connectivity index (χ0n) is 10.2. The number of rotatable bonds is 3. The summed E-state index contributed by atoms with van der Waals surface area (Å²) < 4.78 is 41.2. The molecule has 1 heterocycles. The van der Waals surface area contributed by atoms with Crippen LogP contribution >= 0.6 is 23.2 Å². The van der Waals surface area contributed by atoms with Crippen molar-refractivity contribution in [3.8, 4) is 11.3 Å². The fourth-order valence-corrected chi connectivity index (χ4v) is 1.83. The molecule has 2 rings (SSSR count). The van der Waals surface area contributed by atoms with Gasteiger partial charge in [0.2, 0.25) is 11.8 Å². The largest absolute Gasteiger partial charge is 0.427 e. The molecule has 2 aromatic rings. The number of hydrogen-bond donors (Lipinski definition) is 1. The molecule has 112 valence electrons. The first-order valence-corrected chi connectivity index (χ1v) is 6.27. The second-order valence-electron chi connectivity index (χ2n) is 4.00. The van der Waals surface area contributed by atoms with E-state index in [9.17, 15) is 18.0 Å². The molecule has 0 fully saturated rings. The van der Waals surface area contributed by atoms with Gasteiger partial charge < -0.3 is 4.42 Å². The van der Waals surface area contributed by atoms with E-state index in [2.05, 4.69) is 4.98 Å². The molecular formula is C12H7Cl2F3N2O2. The minimum Gasteiger partial charge on any atom is -0.427 e. The molecule has 1 N–H and O–H groups in total. The van der Waals surface area contributed by atoms with Crippen LogP contribution in [0.5, 0.6) is 0 Å². The first kappa shape index (κ1) is 15.7. The smallest absolute Gasteiger partial charge is 0.397 e. The van der Waals surface area contributed by atoms with Crippen molar-refractivity contribution in [3.63, 3.8) is 0 Å². The zero-order chi connectivity index (χ0) is 15.6. The monoisotopic (exact) mass is 338 g/mol. The van der Waals surface area contributed by atoms with E-state index in [-0.39, 0.29) is 16.6 Å². The molecule has 0 saturated heterocycles. The van der Waals surface area contributed by atoms with Gasteiger partial charge in [-0.15, -0.1) is 0 Å². The molecule has 4 nitrogen and oxygen atoms in total. The molecule has 0 bridgehead atoms. The van der Waals surface area contributed by atoms with Crippen molar-refractivity contribution in [3.05, 3.63) is 34.6 Å². The van der Waals surface area contributed by atoms with Gasteiger partial charge in [-0.25, -0.2) is 4.98 Å². The van der Waals surface area contributed by atoms with Crippen LogP contribution in [0, 0.1) is 0 Å². The number of nitrogens with zero attached hydrogens (tertiary/aromatic N) is 1. The van der Waals surface area contributed by atoms with Crippen LogP contribution in [-0.2, 0) is 4.79 Å². The van der Waals surface area contributed by atoms with Gasteiger partial charge in [0.1, 0.15) is 12.1 Å². The van der Waals surface area contributed by atoms with Crippen molar-refractivity contribution in [1.82, 2.24) is 4.98 Å². The molecule has 0 radical (unpaired) electrons. The number of halogens is 5. The van der Waals surface area contributed by atoms with Crippen LogP contribution in [0.4, 0.5) is 19.1 Å². The maximum absolute atomic E-state index is 12.1. The Labute approximate surface area is 126 Å². The van der Waals surface area contributed by atoms with Crippen LogP contribution < -0.4 is 5.32 Å². The molecule has 0 unspecified atom stereocenters. The molecule has 21 heavy (non-hydrogen) atoms. The highest BCUT2D eigenvalue weighted by atomic mass is 35.5. The molecule has 1 aromatic heterocycles. The number of benzene rings is 1. The number of amides is 1. The zero-order valence-corrected chi connectivity index (χ0v) is 11.7. The van der Waals surface area contributed by atoms with E-state index in [0.717, 1.165) is 6.39 Å². The van der Waals surface area contributed by atoms with E-state index < -0.39 is 18.5 Å². The Morgan fingerprint density at radius 1 is 1.29 bits per heavy atom. The summed E-state index contributed by atoms with van der Waals surface area (Å²) in [6, 6.07) is 4.50. The van der Waals surface area contributed by atoms with Crippen LogP contribution in [0.2, 0.25) is 10.0 Å². The fourth-order valence-electron chi connectivity index (χ4n) is 1.54. The predicted molar refractivity (Wildman–Crippen MR) is 71.3 cm³/mol. The number of anilines is 1. The van der Waals surface area contributed by atoms with Gasteiger partial charge in [-0.2, -0.15) is 13.2 Å². The molecular weight excluding hydrogens is 332 g/mol. The number of nitrogens with one attached hydrogen (secondary N) is 1. The summed E-state index contributed by atoms with van der Waals surface area (Å²) in [5.41, 5.74) is 0.601. The molecule has 1 aromatic carbocycles. The van der Waals surface area contributed by atoms with Gasteiger partial charge in [-0.3, -0.25) is 10.1 Å². The Morgan fingerprint density at radius 3 is 2.62 bits per heavy atom. The Bertz CT molecular complexity index is 671. The first-order chi connectivity index (χ1) is 9.76. The van der Waals surface area contributed by atoms with E-state index in [1.54, 1.807) is 6.07 Å². The number of carbonyl (C=O) groups is 1. The van der Waals surface area contributed by atoms with Gasteiger partial charge in [0.05, 0.1) is 10.0 Å². The SMILES string of the molecule is O=C(CC(F)(F)F)Nc1ocnc1-c1ccc(Cl)c(Cl)c1. The average molecular weight is 339 g/mol. The Kier molecular flexibility index (Phi) is 4.43. The van der Waals surface area contributed by atoms with Gasteiger partial charge >= 0.3 is 6.18 Å². The van der Waals surface area contributed by atoms with E-state index in [0.29, 0.717) is 10.6 Å². The van der Waals surface area contributed by atoms with Crippen molar-refractivity contribution < 1.29 is 22.4 Å². The van der Waals surface area contributed by atoms with E-state index in [4.69, 9.17) is 27.6 Å². The molecule has 0 spiro atoms. The highest BCUT2D eigenvalue weighted by molar-refractivity contribution is 6.42. The lowest BCUT2D eigenvalue weighted by Gasteiger charge is -2.07. The summed E-state index contributed by atoms with van der Waals surface area (Å²) in [6.45, 7) is 0. The standard InChI is InChI=1S/C12H7Cl2F3N2O2/c13-7-2-1-6(3-8(7)14)10-11(21-5-18-10)19-9(20)4-12(15,16)17/h1-3,5H,4H2,(H,19,20). The molecule has 1 amide bonds. The van der Waals surface area contributed by atoms with Crippen LogP contribution in [0.3, 0.4) is 0 Å². The van der Waals surface area contributed by atoms with Crippen LogP contribution in [-0.4, -0.2) is 17.1 Å². The molecule has 9 heteroatoms. The normalized spacial score (nSPS) is 11.5. The first-order valence-electron chi connectivity index (χ1n) is 5.52. The number of alkyl halides is 3. The lowest BCUT2D eigenvalue weighted by molar-refractivity contribution is -0.150. The van der Waals surface area contributed by atoms with Crippen LogP contribution in [0.1, 0.15) is 6.42 Å². The Hall–Kier alpha value is -1.73. The van der Waals surface area contributed by atoms with Gasteiger partial charge in [0, 0.05) is 5.56 Å². The summed E-state index contributed by atoms with van der Waals surface area (Å²) in [6.07, 6.45) is -5.22. The fraction of sp³-hybridized carbons (Fsp3) is 0.167. The van der Waals surface area contributed by atoms with Crippen LogP contribution in [0.25, 0.3) is 11.3 Å². The summed E-state index contributed by atoms with van der Waals surface area (Å²) in [5.74, 6) is -1.44. The van der Waals surface area contributed by atoms with Crippen LogP contribution in [0.15, 0.2) is 29.0 Å². The van der Waals surface area contributed by atoms with Crippen molar-refractivity contribution in [1.29, 1.82) is 0 Å². The summed E-state index contributed by atoms with van der Waals surface area (Å²) in [4.78, 5) is 15.1. The molecule has 0 aliphatic rings. The molecule has 0 aliphatic heterocycles. The van der Waals surface area contributed by atoms with E-state index in [1.807, 2.05) is 5.32 Å². The van der Waals surface area contributed by atoms with Crippen molar-refractivity contribution >= 4 is 35.0 Å². The summed E-state index contributed by atoms with van der Waals surface area (Å²) >= 11 is 11.6. The second kappa shape index (κ2) is 5.95. The second-order valence-corrected chi connectivity index (χ2v) is 4.81. The third-order valence-electron chi connectivity index (χ3n) is 2.37. The van der Waals surface area contributed by atoms with Crippen molar-refractivity contribution in [2.45, 2.75) is 12.6 Å². The topological polar surface area (TPSA) is 55.1 Å². The molecule has 0 saturated carbocycles. The number of aromatic nitrogens is 1. The van der Waals surface area contributed by atoms with Gasteiger partial charge in [0.15, 0.2) is 6.39 Å². The highest BCUT2D eigenvalue weighted by Gasteiger charge is 2.32. The Balaban J connectivity index is 2.22. The van der Waals surface area contributed by atoms with E-state index in [1.165, 1.54) is 12.1 Å². The minimum atomic E-state index is -4.60. The van der Waals surface area contributed by atoms with Gasteiger partial charge in [0.25, 0.3) is 0 Å². The minimum absolute atomic E-state index is 0.157. The van der Waals surface area contributed by atoms with Crippen molar-refractivity contribution in [2.75, 3.05) is 5.32 Å². The number of carbonyl (C=O) groups excluding carboxylic acids is 1. The quantitative estimate of drug-likeness (QED) is 0.893. The van der Waals surface area contributed by atoms with Gasteiger partial charge in [-0.05, 0) is 12.1 Å².